The molecule has 0 saturated heterocycles. The molecule has 26 heavy (non-hydrogen) atoms. The number of Topliss-reactive ketones (excluding diaryl/α,β-unsaturated/α-hetero) is 1. The number of aryl methyl sites for hydroxylation is 1. The van der Waals surface area contributed by atoms with Gasteiger partial charge in [-0.1, -0.05) is 42.5 Å². The highest BCUT2D eigenvalue weighted by Crippen LogP contribution is 2.20. The van der Waals surface area contributed by atoms with Crippen LogP contribution in [0.1, 0.15) is 36.2 Å². The number of ether oxygens (including phenoxy) is 1. The molecule has 0 spiro atoms. The van der Waals surface area contributed by atoms with Crippen molar-refractivity contribution in [3.63, 3.8) is 0 Å². The van der Waals surface area contributed by atoms with Crippen molar-refractivity contribution in [1.29, 1.82) is 0 Å². The first-order valence-corrected chi connectivity index (χ1v) is 9.44. The summed E-state index contributed by atoms with van der Waals surface area (Å²) in [6.07, 6.45) is 0.607. The molecule has 2 rings (SSSR count). The molecule has 2 N–H and O–H groups in total. The van der Waals surface area contributed by atoms with Crippen LogP contribution in [0.25, 0.3) is 0 Å². The number of aliphatic hydroxyl groups is 1. The molecule has 0 radical (unpaired) electrons. The van der Waals surface area contributed by atoms with Gasteiger partial charge in [0.2, 0.25) is 0 Å². The van der Waals surface area contributed by atoms with Crippen LogP contribution >= 0.6 is 0 Å². The van der Waals surface area contributed by atoms with Gasteiger partial charge in [-0.15, -0.1) is 0 Å². The summed E-state index contributed by atoms with van der Waals surface area (Å²) >= 11 is 0. The highest BCUT2D eigenvalue weighted by atomic mass is 16.5. The van der Waals surface area contributed by atoms with E-state index in [1.165, 1.54) is 4.90 Å². The molecule has 0 fully saturated rings. The Labute approximate surface area is 156 Å². The Balaban J connectivity index is 1.93. The molecule has 4 heteroatoms. The number of rotatable bonds is 11. The van der Waals surface area contributed by atoms with Crippen molar-refractivity contribution in [2.45, 2.75) is 32.8 Å². The fourth-order valence-electron chi connectivity index (χ4n) is 2.98. The maximum absolute atomic E-state index is 12.6. The normalized spacial score (nSPS) is 12.2. The van der Waals surface area contributed by atoms with Crippen LogP contribution in [0.2, 0.25) is 0 Å². The van der Waals surface area contributed by atoms with Gasteiger partial charge in [0, 0.05) is 6.42 Å². The summed E-state index contributed by atoms with van der Waals surface area (Å²) in [6.45, 7) is 7.01. The minimum atomic E-state index is -0.544. The Bertz CT molecular complexity index is 668. The molecule has 2 aromatic rings. The zero-order chi connectivity index (χ0) is 18.8. The summed E-state index contributed by atoms with van der Waals surface area (Å²) in [7, 11) is 0. The van der Waals surface area contributed by atoms with E-state index >= 15 is 0 Å². The van der Waals surface area contributed by atoms with Gasteiger partial charge in [-0.25, -0.2) is 0 Å². The first-order valence-electron chi connectivity index (χ1n) is 9.44. The van der Waals surface area contributed by atoms with Gasteiger partial charge in [0.15, 0.2) is 5.78 Å². The summed E-state index contributed by atoms with van der Waals surface area (Å²) in [5, 5.41) is 10.2. The second-order valence-electron chi connectivity index (χ2n) is 6.53. The Morgan fingerprint density at radius 1 is 1.04 bits per heavy atom. The molecular weight excluding hydrogens is 326 g/mol. The fourth-order valence-corrected chi connectivity index (χ4v) is 2.98. The van der Waals surface area contributed by atoms with Crippen molar-refractivity contribution in [3.8, 4) is 5.75 Å². The van der Waals surface area contributed by atoms with E-state index in [0.717, 1.165) is 18.7 Å². The quantitative estimate of drug-likeness (QED) is 0.607. The predicted octanol–water partition coefficient (Wildman–Crippen LogP) is 2.17. The predicted molar refractivity (Wildman–Crippen MR) is 104 cm³/mol. The molecule has 0 aliphatic heterocycles. The first-order chi connectivity index (χ1) is 12.6. The van der Waals surface area contributed by atoms with Crippen LogP contribution in [0, 0.1) is 0 Å². The molecule has 1 atom stereocenters. The minimum Gasteiger partial charge on any atom is -0.490 e. The smallest absolute Gasteiger partial charge is 0.166 e. The molecule has 0 heterocycles. The molecule has 0 unspecified atom stereocenters. The second kappa shape index (κ2) is 10.7. The van der Waals surface area contributed by atoms with Crippen LogP contribution in [-0.4, -0.2) is 43.2 Å². The molecule has 0 aliphatic carbocycles. The van der Waals surface area contributed by atoms with Crippen molar-refractivity contribution in [3.05, 3.63) is 65.7 Å². The van der Waals surface area contributed by atoms with Crippen LogP contribution in [0.15, 0.2) is 54.6 Å². The molecule has 0 aliphatic rings. The summed E-state index contributed by atoms with van der Waals surface area (Å²) in [6, 6.07) is 17.3. The van der Waals surface area contributed by atoms with Gasteiger partial charge in [0.1, 0.15) is 25.0 Å². The number of hydrogen-bond acceptors (Lipinski definition) is 3. The SMILES string of the molecule is CC[NH+](CC)C[C@H](O)COc1ccccc1C(=O)CCc1ccccc1. The molecule has 0 aromatic heterocycles. The van der Waals surface area contributed by atoms with Gasteiger partial charge in [-0.05, 0) is 38.0 Å². The lowest BCUT2D eigenvalue weighted by Gasteiger charge is -2.20. The average molecular weight is 356 g/mol. The number of benzene rings is 2. The third-order valence-electron chi connectivity index (χ3n) is 4.63. The lowest BCUT2D eigenvalue weighted by atomic mass is 10.0. The molecule has 0 saturated carbocycles. The van der Waals surface area contributed by atoms with E-state index < -0.39 is 6.10 Å². The Morgan fingerprint density at radius 3 is 2.38 bits per heavy atom. The number of hydrogen-bond donors (Lipinski definition) is 2. The number of aliphatic hydroxyl groups excluding tert-OH is 1. The Morgan fingerprint density at radius 2 is 1.69 bits per heavy atom. The Kier molecular flexibility index (Phi) is 8.32. The zero-order valence-electron chi connectivity index (χ0n) is 15.8. The highest BCUT2D eigenvalue weighted by Gasteiger charge is 2.16. The monoisotopic (exact) mass is 356 g/mol. The van der Waals surface area contributed by atoms with Gasteiger partial charge in [-0.3, -0.25) is 4.79 Å². The number of carbonyl (C=O) groups excluding carboxylic acids is 1. The van der Waals surface area contributed by atoms with Gasteiger partial charge in [0.25, 0.3) is 0 Å². The molecule has 0 bridgehead atoms. The van der Waals surface area contributed by atoms with Crippen LogP contribution in [0.4, 0.5) is 0 Å². The first kappa shape index (κ1) is 20.1. The number of nitrogens with one attached hydrogen (secondary N) is 1. The van der Waals surface area contributed by atoms with Crippen LogP contribution in [0.3, 0.4) is 0 Å². The van der Waals surface area contributed by atoms with Gasteiger partial charge in [-0.2, -0.15) is 0 Å². The summed E-state index contributed by atoms with van der Waals surface area (Å²) in [4.78, 5) is 13.9. The third-order valence-corrected chi connectivity index (χ3v) is 4.63. The van der Waals surface area contributed by atoms with Crippen LogP contribution in [0.5, 0.6) is 5.75 Å². The average Bonchev–Trinajstić information content (AvgIpc) is 2.69. The van der Waals surface area contributed by atoms with E-state index in [0.29, 0.717) is 30.7 Å². The van der Waals surface area contributed by atoms with Gasteiger partial charge in [0.05, 0.1) is 18.7 Å². The number of quaternary nitrogens is 1. The molecule has 2 aromatic carbocycles. The fraction of sp³-hybridized carbons (Fsp3) is 0.409. The zero-order valence-corrected chi connectivity index (χ0v) is 15.8. The van der Waals surface area contributed by atoms with E-state index in [9.17, 15) is 9.90 Å². The number of likely N-dealkylation sites (N-methyl/N-ethyl adjacent to an activating group) is 1. The van der Waals surface area contributed by atoms with Gasteiger partial charge >= 0.3 is 0 Å². The van der Waals surface area contributed by atoms with E-state index in [4.69, 9.17) is 4.74 Å². The molecular formula is C22H30NO3+. The highest BCUT2D eigenvalue weighted by molar-refractivity contribution is 5.98. The summed E-state index contributed by atoms with van der Waals surface area (Å²) in [5.74, 6) is 0.618. The minimum absolute atomic E-state index is 0.0633. The van der Waals surface area contributed by atoms with Crippen LogP contribution < -0.4 is 9.64 Å². The second-order valence-corrected chi connectivity index (χ2v) is 6.53. The molecule has 140 valence electrons. The van der Waals surface area contributed by atoms with E-state index in [1.54, 1.807) is 12.1 Å². The lowest BCUT2D eigenvalue weighted by molar-refractivity contribution is -0.899. The third kappa shape index (κ3) is 6.28. The van der Waals surface area contributed by atoms with Crippen molar-refractivity contribution in [1.82, 2.24) is 0 Å². The number of ketones is 1. The van der Waals surface area contributed by atoms with Crippen molar-refractivity contribution in [2.75, 3.05) is 26.2 Å². The molecule has 4 nitrogen and oxygen atoms in total. The van der Waals surface area contributed by atoms with Crippen molar-refractivity contribution in [2.24, 2.45) is 0 Å². The standard InChI is InChI=1S/C22H29NO3/c1-3-23(4-2)16-19(24)17-26-22-13-9-8-12-20(22)21(25)15-14-18-10-6-5-7-11-18/h5-13,19,24H,3-4,14-17H2,1-2H3/p+1/t19-/m0/s1. The maximum Gasteiger partial charge on any atom is 0.166 e. The maximum atomic E-state index is 12.6. The summed E-state index contributed by atoms with van der Waals surface area (Å²) in [5.41, 5.74) is 1.74. The largest absolute Gasteiger partial charge is 0.490 e. The Hall–Kier alpha value is -2.17. The van der Waals surface area contributed by atoms with Crippen molar-refractivity contribution < 1.29 is 19.5 Å². The van der Waals surface area contributed by atoms with E-state index in [2.05, 4.69) is 13.8 Å². The van der Waals surface area contributed by atoms with Crippen LogP contribution in [-0.2, 0) is 6.42 Å². The number of para-hydroxylation sites is 1. The topological polar surface area (TPSA) is 51.0 Å². The lowest BCUT2D eigenvalue weighted by Crippen LogP contribution is -3.12. The van der Waals surface area contributed by atoms with E-state index in [-0.39, 0.29) is 12.4 Å². The molecule has 0 amide bonds. The summed E-state index contributed by atoms with van der Waals surface area (Å²) < 4.78 is 5.78. The number of carbonyl (C=O) groups is 1. The van der Waals surface area contributed by atoms with E-state index in [1.807, 2.05) is 42.5 Å². The van der Waals surface area contributed by atoms with Gasteiger partial charge < -0.3 is 14.7 Å². The van der Waals surface area contributed by atoms with Crippen molar-refractivity contribution >= 4 is 5.78 Å².